The van der Waals surface area contributed by atoms with Gasteiger partial charge in [0.15, 0.2) is 0 Å². The van der Waals surface area contributed by atoms with Gasteiger partial charge in [0.05, 0.1) is 11.7 Å². The molecule has 4 rings (SSSR count). The van der Waals surface area contributed by atoms with Crippen molar-refractivity contribution in [3.05, 3.63) is 95.2 Å². The molecule has 2 N–H and O–H groups in total. The normalized spacial score (nSPS) is 10.9. The molecule has 3 aromatic carbocycles. The highest BCUT2D eigenvalue weighted by molar-refractivity contribution is 5.97. The van der Waals surface area contributed by atoms with E-state index in [1.54, 1.807) is 6.07 Å². The molecule has 0 atom stereocenters. The second-order valence-electron chi connectivity index (χ2n) is 9.67. The van der Waals surface area contributed by atoms with Crippen LogP contribution in [0.3, 0.4) is 0 Å². The van der Waals surface area contributed by atoms with Gasteiger partial charge in [-0.2, -0.15) is 0 Å². The molecular weight excluding hydrogens is 474 g/mol. The molecule has 0 spiro atoms. The molecule has 0 fully saturated rings. The number of nitrogens with one attached hydrogen (secondary N) is 2. The number of nitrogens with zero attached hydrogens (tertiary/aromatic N) is 1. The molecule has 6 heteroatoms. The smallest absolute Gasteiger partial charge is 0.255 e. The van der Waals surface area contributed by atoms with Gasteiger partial charge in [0.1, 0.15) is 18.1 Å². The Morgan fingerprint density at radius 2 is 1.74 bits per heavy atom. The van der Waals surface area contributed by atoms with Crippen LogP contribution in [-0.4, -0.2) is 55.7 Å². The van der Waals surface area contributed by atoms with Crippen LogP contribution in [0.25, 0.3) is 10.9 Å². The number of carbonyl (C=O) groups is 1. The fourth-order valence-electron chi connectivity index (χ4n) is 4.01. The van der Waals surface area contributed by atoms with Crippen molar-refractivity contribution in [2.75, 3.05) is 33.8 Å². The molecule has 38 heavy (non-hydrogen) atoms. The van der Waals surface area contributed by atoms with E-state index in [1.165, 1.54) is 10.9 Å². The van der Waals surface area contributed by atoms with Crippen molar-refractivity contribution in [3.63, 3.8) is 0 Å². The maximum absolute atomic E-state index is 13.2. The fourth-order valence-corrected chi connectivity index (χ4v) is 4.01. The first kappa shape index (κ1) is 26.8. The standard InChI is InChI=1S/C32H35N3O3/c1-23(2)38-31-16-13-25(10-9-24-11-14-27(15-12-24)37-20-19-35(3)4)21-29(31)32(36)33-18-17-26-22-34-30-8-6-5-7-28(26)30/h5-8,11-16,21-23,34H,17-20H2,1-4H3,(H,33,36). The molecule has 0 radical (unpaired) electrons. The number of aromatic nitrogens is 1. The first-order valence-electron chi connectivity index (χ1n) is 12.9. The summed E-state index contributed by atoms with van der Waals surface area (Å²) in [5.41, 5.74) is 4.37. The Morgan fingerprint density at radius 3 is 2.50 bits per heavy atom. The number of H-pyrrole nitrogens is 1. The number of rotatable bonds is 10. The van der Waals surface area contributed by atoms with Crippen molar-refractivity contribution >= 4 is 16.8 Å². The maximum atomic E-state index is 13.2. The molecular formula is C32H35N3O3. The Bertz CT molecular complexity index is 1430. The van der Waals surface area contributed by atoms with Gasteiger partial charge in [-0.3, -0.25) is 4.79 Å². The van der Waals surface area contributed by atoms with Gasteiger partial charge >= 0.3 is 0 Å². The van der Waals surface area contributed by atoms with Gasteiger partial charge in [-0.25, -0.2) is 0 Å². The number of ether oxygens (including phenoxy) is 2. The molecule has 1 aromatic heterocycles. The highest BCUT2D eigenvalue weighted by atomic mass is 16.5. The minimum absolute atomic E-state index is 0.0526. The number of benzene rings is 3. The Kier molecular flexibility index (Phi) is 9.07. The lowest BCUT2D eigenvalue weighted by atomic mass is 10.1. The van der Waals surface area contributed by atoms with E-state index < -0.39 is 0 Å². The predicted octanol–water partition coefficient (Wildman–Crippen LogP) is 5.27. The van der Waals surface area contributed by atoms with Gasteiger partial charge in [-0.1, -0.05) is 30.0 Å². The van der Waals surface area contributed by atoms with Gasteiger partial charge in [0, 0.05) is 41.3 Å². The van der Waals surface area contributed by atoms with Crippen molar-refractivity contribution in [3.8, 4) is 23.3 Å². The lowest BCUT2D eigenvalue weighted by Crippen LogP contribution is -2.26. The molecule has 4 aromatic rings. The molecule has 0 saturated heterocycles. The number of amides is 1. The largest absolute Gasteiger partial charge is 0.492 e. The van der Waals surface area contributed by atoms with Crippen molar-refractivity contribution in [2.45, 2.75) is 26.4 Å². The van der Waals surface area contributed by atoms with Gasteiger partial charge < -0.3 is 24.7 Å². The van der Waals surface area contributed by atoms with Crippen molar-refractivity contribution in [1.82, 2.24) is 15.2 Å². The third-order valence-corrected chi connectivity index (χ3v) is 5.95. The summed E-state index contributed by atoms with van der Waals surface area (Å²) in [5, 5.41) is 4.23. The van der Waals surface area contributed by atoms with E-state index in [0.717, 1.165) is 35.4 Å². The summed E-state index contributed by atoms with van der Waals surface area (Å²) in [4.78, 5) is 18.5. The van der Waals surface area contributed by atoms with Gasteiger partial charge in [0.25, 0.3) is 5.91 Å². The molecule has 0 bridgehead atoms. The second kappa shape index (κ2) is 12.8. The first-order chi connectivity index (χ1) is 18.4. The van der Waals surface area contributed by atoms with E-state index in [1.807, 2.05) is 88.7 Å². The average Bonchev–Trinajstić information content (AvgIpc) is 3.31. The van der Waals surface area contributed by atoms with Crippen molar-refractivity contribution in [2.24, 2.45) is 0 Å². The molecule has 0 aliphatic rings. The number of carbonyl (C=O) groups excluding carboxylic acids is 1. The Balaban J connectivity index is 1.43. The van der Waals surface area contributed by atoms with Gasteiger partial charge in [-0.15, -0.1) is 0 Å². The Morgan fingerprint density at radius 1 is 1.00 bits per heavy atom. The molecule has 0 unspecified atom stereocenters. The zero-order chi connectivity index (χ0) is 26.9. The number of aromatic amines is 1. The molecule has 1 amide bonds. The predicted molar refractivity (Wildman–Crippen MR) is 153 cm³/mol. The number of likely N-dealkylation sites (N-methyl/N-ethyl adjacent to an activating group) is 1. The number of para-hydroxylation sites is 1. The molecule has 0 saturated carbocycles. The zero-order valence-corrected chi connectivity index (χ0v) is 22.5. The van der Waals surface area contributed by atoms with Crippen LogP contribution in [0.4, 0.5) is 0 Å². The summed E-state index contributed by atoms with van der Waals surface area (Å²) in [5.74, 6) is 7.55. The van der Waals surface area contributed by atoms with Crippen LogP contribution in [0.2, 0.25) is 0 Å². The second-order valence-corrected chi connectivity index (χ2v) is 9.67. The minimum Gasteiger partial charge on any atom is -0.492 e. The highest BCUT2D eigenvalue weighted by Gasteiger charge is 2.15. The topological polar surface area (TPSA) is 66.6 Å². The van der Waals surface area contributed by atoms with E-state index in [9.17, 15) is 4.79 Å². The summed E-state index contributed by atoms with van der Waals surface area (Å²) < 4.78 is 11.7. The van der Waals surface area contributed by atoms with Crippen molar-refractivity contribution < 1.29 is 14.3 Å². The van der Waals surface area contributed by atoms with Crippen LogP contribution < -0.4 is 14.8 Å². The van der Waals surface area contributed by atoms with E-state index in [-0.39, 0.29) is 12.0 Å². The van der Waals surface area contributed by atoms with E-state index in [2.05, 4.69) is 33.1 Å². The van der Waals surface area contributed by atoms with E-state index in [4.69, 9.17) is 9.47 Å². The average molecular weight is 510 g/mol. The Labute approximate surface area is 225 Å². The molecule has 196 valence electrons. The highest BCUT2D eigenvalue weighted by Crippen LogP contribution is 2.22. The first-order valence-corrected chi connectivity index (χ1v) is 12.9. The number of fused-ring (bicyclic) bond motifs is 1. The Hall–Kier alpha value is -4.21. The van der Waals surface area contributed by atoms with Gasteiger partial charge in [-0.05, 0) is 88.5 Å². The quantitative estimate of drug-likeness (QED) is 0.286. The van der Waals surface area contributed by atoms with Crippen molar-refractivity contribution in [1.29, 1.82) is 0 Å². The minimum atomic E-state index is -0.177. The monoisotopic (exact) mass is 509 g/mol. The molecule has 0 aliphatic heterocycles. The van der Waals surface area contributed by atoms with Crippen LogP contribution in [0.5, 0.6) is 11.5 Å². The lowest BCUT2D eigenvalue weighted by molar-refractivity contribution is 0.0948. The lowest BCUT2D eigenvalue weighted by Gasteiger charge is -2.14. The van der Waals surface area contributed by atoms with Crippen LogP contribution in [0.15, 0.2) is 72.9 Å². The molecule has 1 heterocycles. The van der Waals surface area contributed by atoms with E-state index in [0.29, 0.717) is 24.5 Å². The fraction of sp³-hybridized carbons (Fsp3) is 0.281. The summed E-state index contributed by atoms with van der Waals surface area (Å²) in [7, 11) is 4.04. The summed E-state index contributed by atoms with van der Waals surface area (Å²) in [6, 6.07) is 21.4. The van der Waals surface area contributed by atoms with Crippen LogP contribution >= 0.6 is 0 Å². The zero-order valence-electron chi connectivity index (χ0n) is 22.5. The maximum Gasteiger partial charge on any atom is 0.255 e. The van der Waals surface area contributed by atoms with Crippen LogP contribution in [0, 0.1) is 11.8 Å². The van der Waals surface area contributed by atoms with Crippen LogP contribution in [-0.2, 0) is 6.42 Å². The third kappa shape index (κ3) is 7.41. The molecule has 6 nitrogen and oxygen atoms in total. The molecule has 0 aliphatic carbocycles. The number of hydrogen-bond acceptors (Lipinski definition) is 4. The van der Waals surface area contributed by atoms with Gasteiger partial charge in [0.2, 0.25) is 0 Å². The van der Waals surface area contributed by atoms with E-state index >= 15 is 0 Å². The SMILES string of the molecule is CC(C)Oc1ccc(C#Cc2ccc(OCCN(C)C)cc2)cc1C(=O)NCCc1c[nH]c2ccccc12. The third-order valence-electron chi connectivity index (χ3n) is 5.95. The summed E-state index contributed by atoms with van der Waals surface area (Å²) in [6.07, 6.45) is 2.68. The summed E-state index contributed by atoms with van der Waals surface area (Å²) in [6.45, 7) is 5.90. The van der Waals surface area contributed by atoms with Crippen LogP contribution in [0.1, 0.15) is 40.9 Å². The number of hydrogen-bond donors (Lipinski definition) is 2. The summed E-state index contributed by atoms with van der Waals surface area (Å²) >= 11 is 0.